The number of amides is 2. The molecule has 0 unspecified atom stereocenters. The lowest BCUT2D eigenvalue weighted by Gasteiger charge is -2.05. The normalized spacial score (nSPS) is 10.4. The molecule has 6 heteroatoms. The maximum atomic E-state index is 11.9. The summed E-state index contributed by atoms with van der Waals surface area (Å²) in [6, 6.07) is 9.48. The Hall–Kier alpha value is -2.34. The highest BCUT2D eigenvalue weighted by Crippen LogP contribution is 2.14. The summed E-state index contributed by atoms with van der Waals surface area (Å²) in [5.74, 6) is -0.394. The van der Waals surface area contributed by atoms with Gasteiger partial charge in [-0.05, 0) is 12.1 Å². The van der Waals surface area contributed by atoms with Crippen LogP contribution >= 0.6 is 0 Å². The van der Waals surface area contributed by atoms with E-state index in [2.05, 4.69) is 20.4 Å². The first-order chi connectivity index (χ1) is 9.70. The summed E-state index contributed by atoms with van der Waals surface area (Å²) in [6.07, 6.45) is 0. The molecule has 0 saturated heterocycles. The van der Waals surface area contributed by atoms with Gasteiger partial charge < -0.3 is 20.4 Å². The molecule has 2 rings (SSSR count). The van der Waals surface area contributed by atoms with Crippen LogP contribution in [-0.4, -0.2) is 43.6 Å². The van der Waals surface area contributed by atoms with Gasteiger partial charge in [0.25, 0.3) is 5.91 Å². The molecule has 1 aromatic heterocycles. The summed E-state index contributed by atoms with van der Waals surface area (Å²) < 4.78 is 4.68. The molecule has 0 spiro atoms. The van der Waals surface area contributed by atoms with E-state index in [0.717, 1.165) is 10.9 Å². The molecule has 0 aliphatic rings. The second-order valence-electron chi connectivity index (χ2n) is 4.31. The van der Waals surface area contributed by atoms with Crippen molar-refractivity contribution >= 4 is 22.7 Å². The fourth-order valence-electron chi connectivity index (χ4n) is 1.85. The van der Waals surface area contributed by atoms with Crippen LogP contribution in [0.5, 0.6) is 0 Å². The third-order valence-corrected chi connectivity index (χ3v) is 2.78. The van der Waals surface area contributed by atoms with E-state index in [4.69, 9.17) is 0 Å². The number of methoxy groups -OCH3 is 1. The van der Waals surface area contributed by atoms with Gasteiger partial charge in [-0.25, -0.2) is 0 Å². The third-order valence-electron chi connectivity index (χ3n) is 2.78. The highest BCUT2D eigenvalue weighted by Gasteiger charge is 2.08. The van der Waals surface area contributed by atoms with Crippen LogP contribution in [0, 0.1) is 0 Å². The molecule has 2 aromatic rings. The second-order valence-corrected chi connectivity index (χ2v) is 4.31. The first-order valence-corrected chi connectivity index (χ1v) is 6.32. The molecule has 0 saturated carbocycles. The highest BCUT2D eigenvalue weighted by molar-refractivity contribution is 5.97. The Balaban J connectivity index is 1.81. The minimum absolute atomic E-state index is 0.0238. The number of nitrogens with one attached hydrogen (secondary N) is 3. The Labute approximate surface area is 116 Å². The van der Waals surface area contributed by atoms with Crippen molar-refractivity contribution in [2.45, 2.75) is 0 Å². The van der Waals surface area contributed by atoms with E-state index in [9.17, 15) is 9.59 Å². The van der Waals surface area contributed by atoms with E-state index in [0.29, 0.717) is 18.8 Å². The smallest absolute Gasteiger partial charge is 0.267 e. The molecule has 20 heavy (non-hydrogen) atoms. The fraction of sp³-hybridized carbons (Fsp3) is 0.286. The van der Waals surface area contributed by atoms with Crippen LogP contribution in [0.15, 0.2) is 30.3 Å². The SMILES string of the molecule is COCC(=O)NCCNC(=O)c1cc2ccccc2[nH]1. The molecule has 106 valence electrons. The van der Waals surface area contributed by atoms with Gasteiger partial charge in [0.2, 0.25) is 5.91 Å². The number of para-hydroxylation sites is 1. The van der Waals surface area contributed by atoms with Gasteiger partial charge in [0.15, 0.2) is 0 Å². The number of hydrogen-bond donors (Lipinski definition) is 3. The molecule has 0 atom stereocenters. The zero-order valence-corrected chi connectivity index (χ0v) is 11.2. The van der Waals surface area contributed by atoms with Gasteiger partial charge in [-0.15, -0.1) is 0 Å². The summed E-state index contributed by atoms with van der Waals surface area (Å²) >= 11 is 0. The van der Waals surface area contributed by atoms with E-state index in [1.54, 1.807) is 6.07 Å². The molecule has 0 radical (unpaired) electrons. The lowest BCUT2D eigenvalue weighted by atomic mass is 10.2. The van der Waals surface area contributed by atoms with E-state index in [1.807, 2.05) is 24.3 Å². The number of fused-ring (bicyclic) bond motifs is 1. The Bertz CT molecular complexity index is 573. The average molecular weight is 275 g/mol. The Morgan fingerprint density at radius 3 is 2.70 bits per heavy atom. The first-order valence-electron chi connectivity index (χ1n) is 6.32. The van der Waals surface area contributed by atoms with Crippen molar-refractivity contribution in [2.75, 3.05) is 26.8 Å². The lowest BCUT2D eigenvalue weighted by molar-refractivity contribution is -0.124. The molecular formula is C14H17N3O3. The van der Waals surface area contributed by atoms with Gasteiger partial charge in [-0.1, -0.05) is 18.2 Å². The first kappa shape index (κ1) is 14.1. The van der Waals surface area contributed by atoms with Crippen molar-refractivity contribution in [2.24, 2.45) is 0 Å². The van der Waals surface area contributed by atoms with Gasteiger partial charge >= 0.3 is 0 Å². The molecular weight excluding hydrogens is 258 g/mol. The summed E-state index contributed by atoms with van der Waals surface area (Å²) in [6.45, 7) is 0.758. The number of ether oxygens (including phenoxy) is 1. The van der Waals surface area contributed by atoms with Crippen LogP contribution in [0.25, 0.3) is 10.9 Å². The van der Waals surface area contributed by atoms with Crippen molar-refractivity contribution in [3.63, 3.8) is 0 Å². The van der Waals surface area contributed by atoms with Crippen molar-refractivity contribution in [3.05, 3.63) is 36.0 Å². The maximum absolute atomic E-state index is 11.9. The standard InChI is InChI=1S/C14H17N3O3/c1-20-9-13(18)15-6-7-16-14(19)12-8-10-4-2-3-5-11(10)17-12/h2-5,8,17H,6-7,9H2,1H3,(H,15,18)(H,16,19). The quantitative estimate of drug-likeness (QED) is 0.677. The fourth-order valence-corrected chi connectivity index (χ4v) is 1.85. The lowest BCUT2D eigenvalue weighted by Crippen LogP contribution is -2.36. The molecule has 0 bridgehead atoms. The van der Waals surface area contributed by atoms with E-state index < -0.39 is 0 Å². The van der Waals surface area contributed by atoms with Gasteiger partial charge in [0, 0.05) is 31.1 Å². The summed E-state index contributed by atoms with van der Waals surface area (Å²) in [4.78, 5) is 26.1. The summed E-state index contributed by atoms with van der Waals surface area (Å²) in [5.41, 5.74) is 1.43. The average Bonchev–Trinajstić information content (AvgIpc) is 2.87. The number of aromatic nitrogens is 1. The van der Waals surface area contributed by atoms with Crippen LogP contribution in [-0.2, 0) is 9.53 Å². The summed E-state index contributed by atoms with van der Waals surface area (Å²) in [7, 11) is 1.46. The van der Waals surface area contributed by atoms with Crippen LogP contribution < -0.4 is 10.6 Å². The molecule has 2 amide bonds. The summed E-state index contributed by atoms with van der Waals surface area (Å²) in [5, 5.41) is 6.35. The second kappa shape index (κ2) is 6.72. The molecule has 0 aliphatic carbocycles. The predicted octanol–water partition coefficient (Wildman–Crippen LogP) is 0.660. The van der Waals surface area contributed by atoms with Gasteiger partial charge in [-0.2, -0.15) is 0 Å². The Kier molecular flexibility index (Phi) is 4.73. The van der Waals surface area contributed by atoms with E-state index >= 15 is 0 Å². The molecule has 0 aliphatic heterocycles. The zero-order chi connectivity index (χ0) is 14.4. The molecule has 1 aromatic carbocycles. The van der Waals surface area contributed by atoms with Crippen LogP contribution in [0.1, 0.15) is 10.5 Å². The number of benzene rings is 1. The van der Waals surface area contributed by atoms with Crippen LogP contribution in [0.2, 0.25) is 0 Å². The molecule has 0 fully saturated rings. The number of H-pyrrole nitrogens is 1. The van der Waals surface area contributed by atoms with Crippen molar-refractivity contribution in [1.82, 2.24) is 15.6 Å². The number of carbonyl (C=O) groups is 2. The topological polar surface area (TPSA) is 83.2 Å². The van der Waals surface area contributed by atoms with Crippen LogP contribution in [0.3, 0.4) is 0 Å². The largest absolute Gasteiger partial charge is 0.375 e. The Morgan fingerprint density at radius 1 is 1.20 bits per heavy atom. The van der Waals surface area contributed by atoms with E-state index in [-0.39, 0.29) is 18.4 Å². The minimum Gasteiger partial charge on any atom is -0.375 e. The predicted molar refractivity (Wildman–Crippen MR) is 75.5 cm³/mol. The zero-order valence-electron chi connectivity index (χ0n) is 11.2. The molecule has 3 N–H and O–H groups in total. The third kappa shape index (κ3) is 3.58. The molecule has 1 heterocycles. The maximum Gasteiger partial charge on any atom is 0.267 e. The number of carbonyl (C=O) groups excluding carboxylic acids is 2. The number of rotatable bonds is 6. The minimum atomic E-state index is -0.202. The molecule has 6 nitrogen and oxygen atoms in total. The Morgan fingerprint density at radius 2 is 1.95 bits per heavy atom. The van der Waals surface area contributed by atoms with Gasteiger partial charge in [0.05, 0.1) is 0 Å². The monoisotopic (exact) mass is 275 g/mol. The number of aromatic amines is 1. The van der Waals surface area contributed by atoms with Crippen molar-refractivity contribution in [1.29, 1.82) is 0 Å². The number of hydrogen-bond acceptors (Lipinski definition) is 3. The highest BCUT2D eigenvalue weighted by atomic mass is 16.5. The van der Waals surface area contributed by atoms with E-state index in [1.165, 1.54) is 7.11 Å². The van der Waals surface area contributed by atoms with Crippen molar-refractivity contribution in [3.8, 4) is 0 Å². The van der Waals surface area contributed by atoms with Crippen LogP contribution in [0.4, 0.5) is 0 Å². The van der Waals surface area contributed by atoms with Gasteiger partial charge in [-0.3, -0.25) is 9.59 Å². The van der Waals surface area contributed by atoms with Crippen molar-refractivity contribution < 1.29 is 14.3 Å². The van der Waals surface area contributed by atoms with Gasteiger partial charge in [0.1, 0.15) is 12.3 Å².